The Labute approximate surface area is 163 Å². The largest absolute Gasteiger partial charge is 0.322 e. The molecule has 1 aliphatic carbocycles. The number of hydrogen-bond acceptors (Lipinski definition) is 3. The predicted octanol–water partition coefficient (Wildman–Crippen LogP) is 4.09. The second kappa shape index (κ2) is 7.31. The molecule has 28 heavy (non-hydrogen) atoms. The molecule has 2 aromatic carbocycles. The molecule has 0 saturated heterocycles. The van der Waals surface area contributed by atoms with Gasteiger partial charge in [0.2, 0.25) is 5.91 Å². The number of aryl methyl sites for hydroxylation is 1. The lowest BCUT2D eigenvalue weighted by atomic mass is 10.1. The lowest BCUT2D eigenvalue weighted by molar-refractivity contribution is -0.117. The van der Waals surface area contributed by atoms with E-state index in [-0.39, 0.29) is 17.7 Å². The van der Waals surface area contributed by atoms with E-state index in [9.17, 15) is 9.59 Å². The minimum absolute atomic E-state index is 0.0312. The van der Waals surface area contributed by atoms with E-state index in [1.807, 2.05) is 48.7 Å². The van der Waals surface area contributed by atoms with Crippen LogP contribution in [0.15, 0.2) is 55.0 Å². The van der Waals surface area contributed by atoms with Crippen molar-refractivity contribution in [3.8, 4) is 5.69 Å². The maximum absolute atomic E-state index is 12.5. The van der Waals surface area contributed by atoms with Gasteiger partial charge in [0, 0.05) is 22.9 Å². The highest BCUT2D eigenvalue weighted by atomic mass is 16.2. The van der Waals surface area contributed by atoms with Crippen LogP contribution in [-0.4, -0.2) is 21.4 Å². The van der Waals surface area contributed by atoms with Crippen LogP contribution in [0.4, 0.5) is 11.5 Å². The van der Waals surface area contributed by atoms with Gasteiger partial charge in [0.05, 0.1) is 6.20 Å². The minimum Gasteiger partial charge on any atom is -0.322 e. The van der Waals surface area contributed by atoms with Crippen molar-refractivity contribution in [2.75, 3.05) is 10.6 Å². The summed E-state index contributed by atoms with van der Waals surface area (Å²) in [5.41, 5.74) is 4.46. The topological polar surface area (TPSA) is 76.0 Å². The van der Waals surface area contributed by atoms with Crippen molar-refractivity contribution in [1.29, 1.82) is 0 Å². The summed E-state index contributed by atoms with van der Waals surface area (Å²) in [5.74, 6) is 0.556. The number of nitrogens with zero attached hydrogens (tertiary/aromatic N) is 2. The maximum atomic E-state index is 12.5. The van der Waals surface area contributed by atoms with E-state index >= 15 is 0 Å². The van der Waals surface area contributed by atoms with Crippen molar-refractivity contribution in [3.05, 3.63) is 71.7 Å². The summed E-state index contributed by atoms with van der Waals surface area (Å²) in [6, 6.07) is 13.1. The quantitative estimate of drug-likeness (QED) is 0.706. The Kier molecular flexibility index (Phi) is 4.69. The maximum Gasteiger partial charge on any atom is 0.255 e. The summed E-state index contributed by atoms with van der Waals surface area (Å²) in [6.07, 6.45) is 5.33. The first-order chi connectivity index (χ1) is 13.5. The number of carbonyl (C=O) groups excluding carboxylic acids is 2. The molecule has 2 N–H and O–H groups in total. The summed E-state index contributed by atoms with van der Waals surface area (Å²) in [5, 5.41) is 5.79. The molecule has 6 nitrogen and oxygen atoms in total. The van der Waals surface area contributed by atoms with Crippen LogP contribution in [0.25, 0.3) is 5.69 Å². The van der Waals surface area contributed by atoms with Crippen molar-refractivity contribution in [3.63, 3.8) is 0 Å². The van der Waals surface area contributed by atoms with Crippen LogP contribution < -0.4 is 10.6 Å². The van der Waals surface area contributed by atoms with Gasteiger partial charge in [-0.15, -0.1) is 0 Å². The molecule has 1 aliphatic rings. The summed E-state index contributed by atoms with van der Waals surface area (Å²) in [6.45, 7) is 4.01. The van der Waals surface area contributed by atoms with Crippen LogP contribution in [0.1, 0.15) is 34.3 Å². The molecule has 4 rings (SSSR count). The Hall–Kier alpha value is -3.41. The number of imidazole rings is 1. The number of benzene rings is 2. The van der Waals surface area contributed by atoms with Crippen LogP contribution in [0.5, 0.6) is 0 Å². The van der Waals surface area contributed by atoms with Crippen LogP contribution in [-0.2, 0) is 4.79 Å². The number of nitrogens with one attached hydrogen (secondary N) is 2. The third-order valence-electron chi connectivity index (χ3n) is 5.06. The van der Waals surface area contributed by atoms with Gasteiger partial charge in [0.25, 0.3) is 5.91 Å². The monoisotopic (exact) mass is 374 g/mol. The highest BCUT2D eigenvalue weighted by Gasteiger charge is 2.29. The standard InChI is InChI=1S/C22H22N4O2/c1-14-4-3-5-19(15(14)2)24-21(27)17-8-10-18(11-9-17)26-12-20(23-13-26)25-22(28)16-6-7-16/h3-5,8-13,16H,6-7H2,1-2H3,(H,24,27)(H,25,28). The Morgan fingerprint density at radius 1 is 1.04 bits per heavy atom. The molecular formula is C22H22N4O2. The Bertz CT molecular complexity index is 1030. The van der Waals surface area contributed by atoms with Gasteiger partial charge in [-0.3, -0.25) is 9.59 Å². The van der Waals surface area contributed by atoms with E-state index in [0.717, 1.165) is 35.3 Å². The number of carbonyl (C=O) groups is 2. The van der Waals surface area contributed by atoms with E-state index < -0.39 is 0 Å². The van der Waals surface area contributed by atoms with E-state index in [4.69, 9.17) is 0 Å². The number of amides is 2. The second-order valence-corrected chi connectivity index (χ2v) is 7.18. The highest BCUT2D eigenvalue weighted by molar-refractivity contribution is 6.04. The number of rotatable bonds is 5. The zero-order valence-corrected chi connectivity index (χ0v) is 15.9. The van der Waals surface area contributed by atoms with E-state index in [1.54, 1.807) is 24.7 Å². The average Bonchev–Trinajstić information content (AvgIpc) is 3.45. The Morgan fingerprint density at radius 2 is 1.79 bits per heavy atom. The first-order valence-corrected chi connectivity index (χ1v) is 9.34. The average molecular weight is 374 g/mol. The van der Waals surface area contributed by atoms with Gasteiger partial charge in [-0.05, 0) is 68.1 Å². The number of aromatic nitrogens is 2. The summed E-state index contributed by atoms with van der Waals surface area (Å²) >= 11 is 0. The SMILES string of the molecule is Cc1cccc(NC(=O)c2ccc(-n3cnc(NC(=O)C4CC4)c3)cc2)c1C. The van der Waals surface area contributed by atoms with Gasteiger partial charge in [-0.1, -0.05) is 12.1 Å². The predicted molar refractivity (Wildman–Crippen MR) is 109 cm³/mol. The molecule has 0 aliphatic heterocycles. The van der Waals surface area contributed by atoms with Crippen LogP contribution >= 0.6 is 0 Å². The molecule has 0 spiro atoms. The van der Waals surface area contributed by atoms with Crippen LogP contribution in [0, 0.1) is 19.8 Å². The molecule has 6 heteroatoms. The van der Waals surface area contributed by atoms with Crippen molar-refractivity contribution in [2.45, 2.75) is 26.7 Å². The number of hydrogen-bond donors (Lipinski definition) is 2. The molecule has 142 valence electrons. The van der Waals surface area contributed by atoms with Crippen LogP contribution in [0.3, 0.4) is 0 Å². The zero-order chi connectivity index (χ0) is 19.7. The Morgan fingerprint density at radius 3 is 2.50 bits per heavy atom. The smallest absolute Gasteiger partial charge is 0.255 e. The molecule has 1 saturated carbocycles. The first-order valence-electron chi connectivity index (χ1n) is 9.34. The minimum atomic E-state index is -0.150. The van der Waals surface area contributed by atoms with Crippen molar-refractivity contribution < 1.29 is 9.59 Å². The fourth-order valence-electron chi connectivity index (χ4n) is 2.97. The molecule has 1 heterocycles. The zero-order valence-electron chi connectivity index (χ0n) is 15.9. The third-order valence-corrected chi connectivity index (χ3v) is 5.06. The summed E-state index contributed by atoms with van der Waals surface area (Å²) in [7, 11) is 0. The van der Waals surface area contributed by atoms with Gasteiger partial charge < -0.3 is 15.2 Å². The number of anilines is 2. The van der Waals surface area contributed by atoms with Crippen molar-refractivity contribution in [1.82, 2.24) is 9.55 Å². The summed E-state index contributed by atoms with van der Waals surface area (Å²) in [4.78, 5) is 28.6. The molecule has 0 radical (unpaired) electrons. The van der Waals surface area contributed by atoms with Gasteiger partial charge in [0.15, 0.2) is 5.82 Å². The van der Waals surface area contributed by atoms with Crippen LogP contribution in [0.2, 0.25) is 0 Å². The van der Waals surface area contributed by atoms with E-state index in [1.165, 1.54) is 0 Å². The normalized spacial score (nSPS) is 13.2. The molecule has 3 aromatic rings. The molecule has 2 amide bonds. The molecular weight excluding hydrogens is 352 g/mol. The molecule has 0 bridgehead atoms. The summed E-state index contributed by atoms with van der Waals surface area (Å²) < 4.78 is 1.81. The third kappa shape index (κ3) is 3.81. The van der Waals surface area contributed by atoms with Gasteiger partial charge in [-0.25, -0.2) is 4.98 Å². The molecule has 1 fully saturated rings. The van der Waals surface area contributed by atoms with E-state index in [2.05, 4.69) is 15.6 Å². The van der Waals surface area contributed by atoms with Gasteiger partial charge in [0.1, 0.15) is 6.33 Å². The van der Waals surface area contributed by atoms with Crippen molar-refractivity contribution >= 4 is 23.3 Å². The molecule has 1 aromatic heterocycles. The highest BCUT2D eigenvalue weighted by Crippen LogP contribution is 2.30. The fraction of sp³-hybridized carbons (Fsp3) is 0.227. The lowest BCUT2D eigenvalue weighted by Crippen LogP contribution is -2.13. The van der Waals surface area contributed by atoms with Crippen molar-refractivity contribution in [2.24, 2.45) is 5.92 Å². The molecule has 0 atom stereocenters. The second-order valence-electron chi connectivity index (χ2n) is 7.18. The van der Waals surface area contributed by atoms with Gasteiger partial charge >= 0.3 is 0 Å². The fourth-order valence-corrected chi connectivity index (χ4v) is 2.97. The van der Waals surface area contributed by atoms with E-state index in [0.29, 0.717) is 11.4 Å². The first kappa shape index (κ1) is 18.0. The van der Waals surface area contributed by atoms with Gasteiger partial charge in [-0.2, -0.15) is 0 Å². The lowest BCUT2D eigenvalue weighted by Gasteiger charge is -2.11. The Balaban J connectivity index is 1.44. The molecule has 0 unspecified atom stereocenters.